The van der Waals surface area contributed by atoms with E-state index in [1.54, 1.807) is 11.8 Å². The summed E-state index contributed by atoms with van der Waals surface area (Å²) in [6.07, 6.45) is 5.21. The zero-order chi connectivity index (χ0) is 24.3. The molecule has 0 amide bonds. The summed E-state index contributed by atoms with van der Waals surface area (Å²) in [5, 5.41) is 3.03. The number of hydrogen-bond donors (Lipinski definition) is 2. The Morgan fingerprint density at radius 2 is 2.12 bits per heavy atom. The molecule has 1 aromatic carbocycles. The van der Waals surface area contributed by atoms with Crippen LogP contribution in [0.15, 0.2) is 24.3 Å². The van der Waals surface area contributed by atoms with Crippen LogP contribution in [0.25, 0.3) is 0 Å². The van der Waals surface area contributed by atoms with E-state index in [0.717, 1.165) is 31.0 Å². The van der Waals surface area contributed by atoms with Gasteiger partial charge in [0.05, 0.1) is 18.6 Å². The Hall–Kier alpha value is -0.830. The van der Waals surface area contributed by atoms with E-state index < -0.39 is 13.8 Å². The van der Waals surface area contributed by atoms with Crippen LogP contribution in [0.3, 0.4) is 0 Å². The average molecular weight is 533 g/mol. The number of alkyl halides is 2. The third-order valence-corrected chi connectivity index (χ3v) is 9.58. The first kappa shape index (κ1) is 26.2. The summed E-state index contributed by atoms with van der Waals surface area (Å²) in [7, 11) is 0.390. The van der Waals surface area contributed by atoms with Crippen LogP contribution in [-0.2, 0) is 21.0 Å². The monoisotopic (exact) mass is 532 g/mol. The van der Waals surface area contributed by atoms with Crippen molar-refractivity contribution in [1.29, 1.82) is 0 Å². The lowest BCUT2D eigenvalue weighted by atomic mass is 9.69. The van der Waals surface area contributed by atoms with Gasteiger partial charge in [0.25, 0.3) is 0 Å². The fourth-order valence-electron chi connectivity index (χ4n) is 5.31. The van der Waals surface area contributed by atoms with Gasteiger partial charge in [-0.2, -0.15) is 0 Å². The molecule has 3 N–H and O–H groups in total. The van der Waals surface area contributed by atoms with Gasteiger partial charge in [0.1, 0.15) is 6.10 Å². The second-order valence-corrected chi connectivity index (χ2v) is 11.9. The summed E-state index contributed by atoms with van der Waals surface area (Å²) >= 11 is 12.0. The predicted molar refractivity (Wildman–Crippen MR) is 136 cm³/mol. The highest BCUT2D eigenvalue weighted by atomic mass is 35.5. The fourth-order valence-corrected chi connectivity index (χ4v) is 8.02. The Morgan fingerprint density at radius 3 is 2.79 bits per heavy atom. The lowest BCUT2D eigenvalue weighted by molar-refractivity contribution is 0.0869. The second kappa shape index (κ2) is 11.1. The van der Waals surface area contributed by atoms with E-state index in [9.17, 15) is 4.57 Å². The van der Waals surface area contributed by atoms with Gasteiger partial charge in [0, 0.05) is 56.5 Å². The quantitative estimate of drug-likeness (QED) is 0.255. The molecular weight excluding hydrogens is 498 g/mol. The Labute approximate surface area is 212 Å². The minimum Gasteiger partial charge on any atom is -0.493 e. The van der Waals surface area contributed by atoms with E-state index in [1.807, 2.05) is 12.1 Å². The molecule has 0 saturated heterocycles. The van der Waals surface area contributed by atoms with Gasteiger partial charge < -0.3 is 20.1 Å². The third-order valence-electron chi connectivity index (χ3n) is 6.92. The molecule has 34 heavy (non-hydrogen) atoms. The maximum absolute atomic E-state index is 14.0. The molecule has 190 valence electrons. The Balaban J connectivity index is 1.65. The van der Waals surface area contributed by atoms with Crippen molar-refractivity contribution in [3.8, 4) is 11.5 Å². The number of nitrogens with zero attached hydrogens (tertiary/aromatic N) is 2. The zero-order valence-corrected chi connectivity index (χ0v) is 22.2. The molecule has 1 aliphatic carbocycles. The van der Waals surface area contributed by atoms with E-state index in [0.29, 0.717) is 44.4 Å². The first-order valence-corrected chi connectivity index (χ1v) is 14.4. The van der Waals surface area contributed by atoms with Gasteiger partial charge in [-0.3, -0.25) is 9.09 Å². The van der Waals surface area contributed by atoms with E-state index in [2.05, 4.69) is 29.2 Å². The molecular formula is C23H35Cl2N4O4P. The minimum atomic E-state index is -3.42. The van der Waals surface area contributed by atoms with E-state index in [1.165, 1.54) is 11.1 Å². The van der Waals surface area contributed by atoms with Crippen LogP contribution in [0, 0.1) is 0 Å². The van der Waals surface area contributed by atoms with Gasteiger partial charge >= 0.3 is 7.67 Å². The summed E-state index contributed by atoms with van der Waals surface area (Å²) in [4.78, 5) is 2.34. The maximum atomic E-state index is 14.0. The van der Waals surface area contributed by atoms with Crippen LogP contribution in [-0.4, -0.2) is 80.4 Å². The predicted octanol–water partition coefficient (Wildman–Crippen LogP) is 3.31. The van der Waals surface area contributed by atoms with Gasteiger partial charge in [0.2, 0.25) is 0 Å². The van der Waals surface area contributed by atoms with Crippen LogP contribution in [0.2, 0.25) is 0 Å². The standard InChI is InChI=1S/C23H35Cl2N4O4P/c1-28-12-7-23-6-5-18(33-34(30,27-11-10-26)29(13-8-24)14-9-25)15-20(23)32-22-19(31-2)4-3-17(16-28)21(22)23/h3-6,18,20H,7-16,26H2,1-2H3,(H,27,30)/t18-,20-,23-,34?/m0/s1. The number of hydrogen-bond acceptors (Lipinski definition) is 6. The molecule has 0 saturated carbocycles. The third kappa shape index (κ3) is 4.89. The van der Waals surface area contributed by atoms with Crippen molar-refractivity contribution >= 4 is 30.9 Å². The smallest absolute Gasteiger partial charge is 0.344 e. The number of nitrogens with one attached hydrogen (secondary N) is 1. The van der Waals surface area contributed by atoms with Crippen LogP contribution in [0.1, 0.15) is 24.0 Å². The molecule has 4 rings (SSSR count). The van der Waals surface area contributed by atoms with Crippen molar-refractivity contribution in [3.05, 3.63) is 35.4 Å². The Morgan fingerprint density at radius 1 is 1.35 bits per heavy atom. The molecule has 8 nitrogen and oxygen atoms in total. The van der Waals surface area contributed by atoms with Crippen molar-refractivity contribution < 1.29 is 18.6 Å². The summed E-state index contributed by atoms with van der Waals surface area (Å²) < 4.78 is 34.2. The molecule has 0 bridgehead atoms. The van der Waals surface area contributed by atoms with Crippen molar-refractivity contribution in [3.63, 3.8) is 0 Å². The summed E-state index contributed by atoms with van der Waals surface area (Å²) in [6.45, 7) is 3.29. The number of nitrogens with two attached hydrogens (primary N) is 1. The first-order chi connectivity index (χ1) is 16.4. The van der Waals surface area contributed by atoms with E-state index >= 15 is 0 Å². The van der Waals surface area contributed by atoms with Gasteiger partial charge in [-0.25, -0.2) is 9.76 Å². The molecule has 0 aromatic heterocycles. The lowest BCUT2D eigenvalue weighted by Crippen LogP contribution is -2.44. The molecule has 11 heteroatoms. The van der Waals surface area contributed by atoms with Crippen molar-refractivity contribution in [2.75, 3.05) is 58.6 Å². The van der Waals surface area contributed by atoms with Crippen molar-refractivity contribution in [1.82, 2.24) is 14.7 Å². The van der Waals surface area contributed by atoms with Gasteiger partial charge in [-0.15, -0.1) is 23.2 Å². The van der Waals surface area contributed by atoms with Gasteiger partial charge in [-0.05, 0) is 31.6 Å². The van der Waals surface area contributed by atoms with Crippen LogP contribution < -0.4 is 20.3 Å². The SMILES string of the molecule is COc1ccc2c3c1O[C@H]1C[C@@H](OP(=O)(NCCN)N(CCCl)CCCl)C=C[C@@]31CCN(C)C2. The highest BCUT2D eigenvalue weighted by Gasteiger charge is 2.53. The minimum absolute atomic E-state index is 0.142. The fraction of sp³-hybridized carbons (Fsp3) is 0.652. The van der Waals surface area contributed by atoms with Crippen molar-refractivity contribution in [2.45, 2.75) is 37.0 Å². The Kier molecular flexibility index (Phi) is 8.53. The molecule has 0 radical (unpaired) electrons. The topological polar surface area (TPSA) is 89.3 Å². The molecule has 1 spiro atoms. The van der Waals surface area contributed by atoms with Crippen LogP contribution in [0.4, 0.5) is 0 Å². The van der Waals surface area contributed by atoms with Crippen LogP contribution in [0.5, 0.6) is 11.5 Å². The van der Waals surface area contributed by atoms with Crippen molar-refractivity contribution in [2.24, 2.45) is 5.73 Å². The summed E-state index contributed by atoms with van der Waals surface area (Å²) in [5.74, 6) is 2.19. The molecule has 1 unspecified atom stereocenters. The molecule has 4 atom stereocenters. The number of ether oxygens (including phenoxy) is 2. The zero-order valence-electron chi connectivity index (χ0n) is 19.8. The van der Waals surface area contributed by atoms with E-state index in [-0.39, 0.29) is 11.5 Å². The number of methoxy groups -OCH3 is 1. The summed E-state index contributed by atoms with van der Waals surface area (Å²) in [6, 6.07) is 4.13. The highest BCUT2D eigenvalue weighted by Crippen LogP contribution is 2.57. The highest BCUT2D eigenvalue weighted by molar-refractivity contribution is 7.54. The normalized spacial score (nSPS) is 27.6. The largest absolute Gasteiger partial charge is 0.493 e. The molecule has 0 fully saturated rings. The van der Waals surface area contributed by atoms with Crippen LogP contribution >= 0.6 is 30.9 Å². The number of halogens is 2. The molecule has 2 aliphatic heterocycles. The first-order valence-electron chi connectivity index (χ1n) is 11.8. The Bertz CT molecular complexity index is 946. The molecule has 3 aliphatic rings. The number of benzene rings is 1. The second-order valence-electron chi connectivity index (χ2n) is 9.05. The maximum Gasteiger partial charge on any atom is 0.344 e. The summed E-state index contributed by atoms with van der Waals surface area (Å²) in [5.41, 5.74) is 7.90. The molecule has 1 aromatic rings. The van der Waals surface area contributed by atoms with Gasteiger partial charge in [0.15, 0.2) is 11.5 Å². The van der Waals surface area contributed by atoms with E-state index in [4.69, 9.17) is 42.9 Å². The van der Waals surface area contributed by atoms with Gasteiger partial charge in [-0.1, -0.05) is 18.2 Å². The number of rotatable bonds is 11. The molecule has 2 heterocycles. The average Bonchev–Trinajstić information content (AvgIpc) is 3.08. The lowest BCUT2D eigenvalue weighted by Gasteiger charge is -2.39.